The highest BCUT2D eigenvalue weighted by Crippen LogP contribution is 2.30. The molecule has 2 aromatic rings. The Hall–Kier alpha value is -2.16. The summed E-state index contributed by atoms with van der Waals surface area (Å²) in [7, 11) is 5.01. The molecule has 2 N–H and O–H groups in total. The molecule has 148 valence electrons. The number of halogens is 1. The predicted octanol–water partition coefficient (Wildman–Crippen LogP) is 3.59. The van der Waals surface area contributed by atoms with E-state index in [1.54, 1.807) is 21.3 Å². The maximum absolute atomic E-state index is 5.66. The van der Waals surface area contributed by atoms with Crippen molar-refractivity contribution in [2.24, 2.45) is 4.99 Å². The van der Waals surface area contributed by atoms with E-state index in [4.69, 9.17) is 14.2 Å². The van der Waals surface area contributed by atoms with Gasteiger partial charge in [0.15, 0.2) is 17.5 Å². The van der Waals surface area contributed by atoms with E-state index in [1.807, 2.05) is 49.4 Å². The van der Waals surface area contributed by atoms with E-state index in [9.17, 15) is 0 Å². The summed E-state index contributed by atoms with van der Waals surface area (Å²) in [6, 6.07) is 13.8. The van der Waals surface area contributed by atoms with Crippen molar-refractivity contribution < 1.29 is 14.2 Å². The lowest BCUT2D eigenvalue weighted by molar-refractivity contribution is 0.336. The van der Waals surface area contributed by atoms with Crippen molar-refractivity contribution in [1.29, 1.82) is 0 Å². The summed E-state index contributed by atoms with van der Waals surface area (Å²) in [6.45, 7) is 3.80. The highest BCUT2D eigenvalue weighted by Gasteiger charge is 2.10. The summed E-state index contributed by atoms with van der Waals surface area (Å²) < 4.78 is 16.5. The monoisotopic (exact) mass is 485 g/mol. The lowest BCUT2D eigenvalue weighted by Crippen LogP contribution is -2.36. The van der Waals surface area contributed by atoms with Gasteiger partial charge in [0, 0.05) is 31.3 Å². The summed E-state index contributed by atoms with van der Waals surface area (Å²) in [6.07, 6.45) is 0. The molecule has 0 amide bonds. The molecular weight excluding hydrogens is 457 g/mol. The van der Waals surface area contributed by atoms with Crippen LogP contribution in [0.2, 0.25) is 0 Å². The van der Waals surface area contributed by atoms with Crippen LogP contribution < -0.4 is 24.8 Å². The Morgan fingerprint density at radius 1 is 0.889 bits per heavy atom. The molecule has 0 saturated carbocycles. The smallest absolute Gasteiger partial charge is 0.191 e. The fourth-order valence-corrected chi connectivity index (χ4v) is 2.62. The predicted molar refractivity (Wildman–Crippen MR) is 120 cm³/mol. The molecule has 0 aliphatic carbocycles. The van der Waals surface area contributed by atoms with Crippen molar-refractivity contribution in [2.75, 3.05) is 27.9 Å². The van der Waals surface area contributed by atoms with Crippen LogP contribution in [0.1, 0.15) is 18.1 Å². The number of ether oxygens (including phenoxy) is 3. The molecule has 0 atom stereocenters. The second-order valence-corrected chi connectivity index (χ2v) is 5.47. The zero-order valence-corrected chi connectivity index (χ0v) is 18.6. The fraction of sp³-hybridized carbons (Fsp3) is 0.350. The number of para-hydroxylation sites is 2. The van der Waals surface area contributed by atoms with Gasteiger partial charge in [-0.05, 0) is 19.1 Å². The van der Waals surface area contributed by atoms with Gasteiger partial charge in [-0.15, -0.1) is 24.0 Å². The number of benzene rings is 2. The minimum Gasteiger partial charge on any atom is -0.494 e. The molecule has 0 unspecified atom stereocenters. The summed E-state index contributed by atoms with van der Waals surface area (Å²) in [5, 5.41) is 6.60. The van der Waals surface area contributed by atoms with Crippen LogP contribution in [0.15, 0.2) is 47.5 Å². The largest absolute Gasteiger partial charge is 0.494 e. The van der Waals surface area contributed by atoms with Crippen molar-refractivity contribution in [3.8, 4) is 17.2 Å². The normalized spacial score (nSPS) is 10.6. The van der Waals surface area contributed by atoms with Crippen LogP contribution in [0, 0.1) is 0 Å². The van der Waals surface area contributed by atoms with Crippen molar-refractivity contribution >= 4 is 29.9 Å². The molecule has 0 aliphatic heterocycles. The average molecular weight is 485 g/mol. The van der Waals surface area contributed by atoms with Gasteiger partial charge in [-0.2, -0.15) is 0 Å². The molecule has 6 nitrogen and oxygen atoms in total. The minimum absolute atomic E-state index is 0. The second kappa shape index (κ2) is 12.3. The summed E-state index contributed by atoms with van der Waals surface area (Å²) in [4.78, 5) is 4.27. The number of nitrogens with one attached hydrogen (secondary N) is 2. The van der Waals surface area contributed by atoms with Crippen molar-refractivity contribution in [3.05, 3.63) is 53.6 Å². The summed E-state index contributed by atoms with van der Waals surface area (Å²) in [5.74, 6) is 3.01. The Kier molecular flexibility index (Phi) is 10.4. The van der Waals surface area contributed by atoms with Crippen LogP contribution in [-0.2, 0) is 13.1 Å². The minimum atomic E-state index is 0. The molecule has 0 fully saturated rings. The highest BCUT2D eigenvalue weighted by atomic mass is 127. The fourth-order valence-electron chi connectivity index (χ4n) is 2.62. The molecule has 27 heavy (non-hydrogen) atoms. The van der Waals surface area contributed by atoms with Crippen LogP contribution in [0.5, 0.6) is 17.2 Å². The number of nitrogens with zero attached hydrogens (tertiary/aromatic N) is 1. The van der Waals surface area contributed by atoms with E-state index in [0.29, 0.717) is 31.4 Å². The SMILES string of the molecule is CCOc1ccccc1CNC(=NC)NCc1cccc(OC)c1OC.I. The lowest BCUT2D eigenvalue weighted by atomic mass is 10.2. The first-order valence-electron chi connectivity index (χ1n) is 8.58. The zero-order valence-electron chi connectivity index (χ0n) is 16.2. The first-order valence-corrected chi connectivity index (χ1v) is 8.58. The molecule has 0 radical (unpaired) electrons. The number of methoxy groups -OCH3 is 2. The van der Waals surface area contributed by atoms with Gasteiger partial charge in [0.1, 0.15) is 5.75 Å². The number of rotatable bonds is 8. The number of hydrogen-bond donors (Lipinski definition) is 2. The molecule has 0 aromatic heterocycles. The van der Waals surface area contributed by atoms with E-state index in [-0.39, 0.29) is 24.0 Å². The Morgan fingerprint density at radius 3 is 2.15 bits per heavy atom. The summed E-state index contributed by atoms with van der Waals surface area (Å²) >= 11 is 0. The van der Waals surface area contributed by atoms with Crippen LogP contribution >= 0.6 is 24.0 Å². The molecule has 0 saturated heterocycles. The third-order valence-corrected chi connectivity index (χ3v) is 3.87. The molecule has 0 spiro atoms. The standard InChI is InChI=1S/C20H27N3O3.HI/c1-5-26-17-11-7-6-9-15(17)13-22-20(21-2)23-14-16-10-8-12-18(24-3)19(16)25-4;/h6-12H,5,13-14H2,1-4H3,(H2,21,22,23);1H. The van der Waals surface area contributed by atoms with Crippen LogP contribution in [-0.4, -0.2) is 33.8 Å². The first-order chi connectivity index (χ1) is 12.7. The Morgan fingerprint density at radius 2 is 1.52 bits per heavy atom. The molecule has 7 heteroatoms. The lowest BCUT2D eigenvalue weighted by Gasteiger charge is -2.16. The molecule has 0 aliphatic rings. The van der Waals surface area contributed by atoms with Gasteiger partial charge in [-0.25, -0.2) is 0 Å². The Labute approximate surface area is 178 Å². The van der Waals surface area contributed by atoms with E-state index in [0.717, 1.165) is 22.6 Å². The van der Waals surface area contributed by atoms with Crippen LogP contribution in [0.4, 0.5) is 0 Å². The van der Waals surface area contributed by atoms with Gasteiger partial charge in [0.2, 0.25) is 0 Å². The molecule has 2 rings (SSSR count). The number of hydrogen-bond acceptors (Lipinski definition) is 4. The van der Waals surface area contributed by atoms with E-state index in [2.05, 4.69) is 15.6 Å². The van der Waals surface area contributed by atoms with Gasteiger partial charge >= 0.3 is 0 Å². The van der Waals surface area contributed by atoms with Gasteiger partial charge in [0.05, 0.1) is 20.8 Å². The maximum atomic E-state index is 5.66. The van der Waals surface area contributed by atoms with E-state index in [1.165, 1.54) is 0 Å². The van der Waals surface area contributed by atoms with Crippen molar-refractivity contribution in [1.82, 2.24) is 10.6 Å². The van der Waals surface area contributed by atoms with Gasteiger partial charge in [-0.1, -0.05) is 30.3 Å². The molecular formula is C20H28IN3O3. The Balaban J connectivity index is 0.00000364. The third-order valence-electron chi connectivity index (χ3n) is 3.87. The number of guanidine groups is 1. The second-order valence-electron chi connectivity index (χ2n) is 5.47. The quantitative estimate of drug-likeness (QED) is 0.340. The van der Waals surface area contributed by atoms with Gasteiger partial charge in [0.25, 0.3) is 0 Å². The highest BCUT2D eigenvalue weighted by molar-refractivity contribution is 14.0. The molecule has 2 aromatic carbocycles. The van der Waals surface area contributed by atoms with Gasteiger partial charge in [-0.3, -0.25) is 4.99 Å². The topological polar surface area (TPSA) is 64.1 Å². The zero-order chi connectivity index (χ0) is 18.8. The maximum Gasteiger partial charge on any atom is 0.191 e. The van der Waals surface area contributed by atoms with E-state index >= 15 is 0 Å². The van der Waals surface area contributed by atoms with Crippen molar-refractivity contribution in [3.63, 3.8) is 0 Å². The summed E-state index contributed by atoms with van der Waals surface area (Å²) in [5.41, 5.74) is 2.07. The van der Waals surface area contributed by atoms with Crippen LogP contribution in [0.25, 0.3) is 0 Å². The van der Waals surface area contributed by atoms with Gasteiger partial charge < -0.3 is 24.8 Å². The first kappa shape index (κ1) is 22.9. The molecule has 0 heterocycles. The third kappa shape index (κ3) is 6.50. The average Bonchev–Trinajstić information content (AvgIpc) is 2.69. The van der Waals surface area contributed by atoms with Crippen molar-refractivity contribution in [2.45, 2.75) is 20.0 Å². The number of aliphatic imine (C=N–C) groups is 1. The van der Waals surface area contributed by atoms with Crippen LogP contribution in [0.3, 0.4) is 0 Å². The Bertz CT molecular complexity index is 738. The molecule has 0 bridgehead atoms. The van der Waals surface area contributed by atoms with E-state index < -0.39 is 0 Å².